The molecule has 0 aliphatic heterocycles. The molecule has 0 fully saturated rings. The van der Waals surface area contributed by atoms with E-state index in [0.29, 0.717) is 18.0 Å². The molecule has 4 heteroatoms. The number of aryl methyl sites for hydroxylation is 1. The molecule has 1 aromatic heterocycles. The molecule has 2 aromatic rings. The summed E-state index contributed by atoms with van der Waals surface area (Å²) in [7, 11) is 0. The van der Waals surface area contributed by atoms with Crippen LogP contribution in [0.3, 0.4) is 0 Å². The van der Waals surface area contributed by atoms with Gasteiger partial charge >= 0.3 is 0 Å². The van der Waals surface area contributed by atoms with E-state index in [2.05, 4.69) is 24.5 Å². The third kappa shape index (κ3) is 3.82. The minimum atomic E-state index is 0.0329. The Bertz CT molecular complexity index is 574. The molecule has 0 atom stereocenters. The van der Waals surface area contributed by atoms with Crippen molar-refractivity contribution in [3.8, 4) is 0 Å². The van der Waals surface area contributed by atoms with Gasteiger partial charge in [0.1, 0.15) is 0 Å². The van der Waals surface area contributed by atoms with E-state index in [0.717, 1.165) is 5.56 Å². The Balaban J connectivity index is 1.88. The quantitative estimate of drug-likeness (QED) is 0.911. The Labute approximate surface area is 122 Å². The molecule has 0 bridgehead atoms. The van der Waals surface area contributed by atoms with E-state index >= 15 is 0 Å². The molecule has 0 saturated carbocycles. The van der Waals surface area contributed by atoms with Crippen LogP contribution in [0, 0.1) is 13.8 Å². The minimum Gasteiger partial charge on any atom is -0.352 e. The molecule has 0 unspecified atom stereocenters. The summed E-state index contributed by atoms with van der Waals surface area (Å²) >= 11 is 7.53. The lowest BCUT2D eigenvalue weighted by Gasteiger charge is -2.05. The lowest BCUT2D eigenvalue weighted by molar-refractivity contribution is -0.120. The summed E-state index contributed by atoms with van der Waals surface area (Å²) in [6.45, 7) is 4.79. The summed E-state index contributed by atoms with van der Waals surface area (Å²) < 4.78 is 0. The zero-order valence-corrected chi connectivity index (χ0v) is 12.6. The number of carbonyl (C=O) groups is 1. The van der Waals surface area contributed by atoms with Gasteiger partial charge in [0, 0.05) is 16.4 Å². The number of carbonyl (C=O) groups excluding carboxylic acids is 1. The maximum absolute atomic E-state index is 11.8. The number of hydrogen-bond donors (Lipinski definition) is 1. The lowest BCUT2D eigenvalue weighted by Crippen LogP contribution is -2.24. The van der Waals surface area contributed by atoms with E-state index in [1.54, 1.807) is 23.5 Å². The van der Waals surface area contributed by atoms with Gasteiger partial charge in [0.05, 0.1) is 6.42 Å². The predicted molar refractivity (Wildman–Crippen MR) is 80.8 cm³/mol. The molecule has 2 rings (SSSR count). The largest absolute Gasteiger partial charge is 0.352 e. The molecule has 0 aliphatic rings. The Hall–Kier alpha value is -1.32. The fraction of sp³-hybridized carbons (Fsp3) is 0.267. The van der Waals surface area contributed by atoms with Gasteiger partial charge in [-0.15, -0.1) is 11.3 Å². The van der Waals surface area contributed by atoms with Gasteiger partial charge in [-0.3, -0.25) is 4.79 Å². The molecule has 1 heterocycles. The molecular formula is C15H16ClNOS. The Morgan fingerprint density at radius 1 is 1.26 bits per heavy atom. The van der Waals surface area contributed by atoms with E-state index in [1.165, 1.54) is 16.0 Å². The normalized spacial score (nSPS) is 10.5. The molecule has 1 N–H and O–H groups in total. The summed E-state index contributed by atoms with van der Waals surface area (Å²) in [5.41, 5.74) is 3.45. The monoisotopic (exact) mass is 293 g/mol. The Morgan fingerprint density at radius 3 is 2.53 bits per heavy atom. The highest BCUT2D eigenvalue weighted by Crippen LogP contribution is 2.20. The smallest absolute Gasteiger partial charge is 0.224 e. The zero-order chi connectivity index (χ0) is 13.8. The summed E-state index contributed by atoms with van der Waals surface area (Å²) in [5.74, 6) is 0.0329. The topological polar surface area (TPSA) is 29.1 Å². The number of amides is 1. The van der Waals surface area contributed by atoms with Gasteiger partial charge in [0.2, 0.25) is 5.91 Å². The molecule has 0 radical (unpaired) electrons. The maximum atomic E-state index is 11.8. The van der Waals surface area contributed by atoms with Crippen LogP contribution in [-0.2, 0) is 17.8 Å². The van der Waals surface area contributed by atoms with Crippen LogP contribution in [0.25, 0.3) is 0 Å². The van der Waals surface area contributed by atoms with Crippen LogP contribution in [0.15, 0.2) is 29.6 Å². The van der Waals surface area contributed by atoms with E-state index in [9.17, 15) is 4.79 Å². The molecule has 1 amide bonds. The first kappa shape index (κ1) is 14.1. The summed E-state index contributed by atoms with van der Waals surface area (Å²) in [6.07, 6.45) is 0.388. The highest BCUT2D eigenvalue weighted by atomic mass is 35.5. The molecule has 0 saturated heterocycles. The first-order valence-electron chi connectivity index (χ1n) is 6.11. The fourth-order valence-electron chi connectivity index (χ4n) is 1.78. The number of nitrogens with one attached hydrogen (secondary N) is 1. The van der Waals surface area contributed by atoms with Gasteiger partial charge in [-0.1, -0.05) is 23.7 Å². The molecular weight excluding hydrogens is 278 g/mol. The van der Waals surface area contributed by atoms with Crippen LogP contribution >= 0.6 is 22.9 Å². The third-order valence-corrected chi connectivity index (χ3v) is 4.46. The van der Waals surface area contributed by atoms with Gasteiger partial charge in [-0.2, -0.15) is 0 Å². The van der Waals surface area contributed by atoms with Crippen LogP contribution in [-0.4, -0.2) is 5.91 Å². The standard InChI is InChI=1S/C15H16ClNOS/c1-10-11(2)19-9-13(10)8-17-15(18)7-12-3-5-14(16)6-4-12/h3-6,9H,7-8H2,1-2H3,(H,17,18). The van der Waals surface area contributed by atoms with E-state index in [-0.39, 0.29) is 5.91 Å². The van der Waals surface area contributed by atoms with Crippen molar-refractivity contribution in [2.24, 2.45) is 0 Å². The van der Waals surface area contributed by atoms with Crippen molar-refractivity contribution in [2.45, 2.75) is 26.8 Å². The van der Waals surface area contributed by atoms with E-state index < -0.39 is 0 Å². The Morgan fingerprint density at radius 2 is 1.95 bits per heavy atom. The zero-order valence-electron chi connectivity index (χ0n) is 11.0. The van der Waals surface area contributed by atoms with Crippen molar-refractivity contribution >= 4 is 28.8 Å². The molecule has 19 heavy (non-hydrogen) atoms. The Kier molecular flexibility index (Phi) is 4.61. The number of benzene rings is 1. The molecule has 0 aliphatic carbocycles. The first-order valence-corrected chi connectivity index (χ1v) is 7.36. The first-order chi connectivity index (χ1) is 9.06. The number of thiophene rings is 1. The van der Waals surface area contributed by atoms with Gasteiger partial charge in [-0.05, 0) is 48.1 Å². The van der Waals surface area contributed by atoms with Gasteiger partial charge in [-0.25, -0.2) is 0 Å². The summed E-state index contributed by atoms with van der Waals surface area (Å²) in [4.78, 5) is 13.2. The second-order valence-electron chi connectivity index (χ2n) is 4.52. The molecule has 100 valence electrons. The average Bonchev–Trinajstić information content (AvgIpc) is 2.70. The van der Waals surface area contributed by atoms with Crippen molar-refractivity contribution in [3.05, 3.63) is 56.2 Å². The lowest BCUT2D eigenvalue weighted by atomic mass is 10.1. The minimum absolute atomic E-state index is 0.0329. The van der Waals surface area contributed by atoms with Crippen molar-refractivity contribution in [3.63, 3.8) is 0 Å². The highest BCUT2D eigenvalue weighted by Gasteiger charge is 2.07. The van der Waals surface area contributed by atoms with Crippen LogP contribution in [0.2, 0.25) is 5.02 Å². The van der Waals surface area contributed by atoms with Crippen molar-refractivity contribution in [1.29, 1.82) is 0 Å². The van der Waals surface area contributed by atoms with Crippen molar-refractivity contribution in [2.75, 3.05) is 0 Å². The number of rotatable bonds is 4. The molecule has 0 spiro atoms. The number of hydrogen-bond acceptors (Lipinski definition) is 2. The predicted octanol–water partition coefficient (Wildman–Crippen LogP) is 3.88. The summed E-state index contributed by atoms with van der Waals surface area (Å²) in [6, 6.07) is 7.36. The van der Waals surface area contributed by atoms with Gasteiger partial charge in [0.15, 0.2) is 0 Å². The molecule has 1 aromatic carbocycles. The second kappa shape index (κ2) is 6.22. The van der Waals surface area contributed by atoms with E-state index in [1.807, 2.05) is 12.1 Å². The highest BCUT2D eigenvalue weighted by molar-refractivity contribution is 7.10. The fourth-order valence-corrected chi connectivity index (χ4v) is 2.79. The van der Waals surface area contributed by atoms with Gasteiger partial charge in [0.25, 0.3) is 0 Å². The molecule has 2 nitrogen and oxygen atoms in total. The van der Waals surface area contributed by atoms with Crippen LogP contribution < -0.4 is 5.32 Å². The summed E-state index contributed by atoms with van der Waals surface area (Å²) in [5, 5.41) is 5.74. The van der Waals surface area contributed by atoms with Crippen molar-refractivity contribution < 1.29 is 4.79 Å². The van der Waals surface area contributed by atoms with Crippen LogP contribution in [0.4, 0.5) is 0 Å². The second-order valence-corrected chi connectivity index (χ2v) is 6.04. The number of halogens is 1. The van der Waals surface area contributed by atoms with Gasteiger partial charge < -0.3 is 5.32 Å². The van der Waals surface area contributed by atoms with E-state index in [4.69, 9.17) is 11.6 Å². The maximum Gasteiger partial charge on any atom is 0.224 e. The SMILES string of the molecule is Cc1scc(CNC(=O)Cc2ccc(Cl)cc2)c1C. The average molecular weight is 294 g/mol. The van der Waals surface area contributed by atoms with Crippen LogP contribution in [0.5, 0.6) is 0 Å². The van der Waals surface area contributed by atoms with Crippen molar-refractivity contribution in [1.82, 2.24) is 5.32 Å². The van der Waals surface area contributed by atoms with Crippen LogP contribution in [0.1, 0.15) is 21.6 Å². The third-order valence-electron chi connectivity index (χ3n) is 3.14.